The van der Waals surface area contributed by atoms with Crippen molar-refractivity contribution in [3.05, 3.63) is 42.2 Å². The molecule has 0 bridgehead atoms. The zero-order chi connectivity index (χ0) is 18.0. The van der Waals surface area contributed by atoms with E-state index in [1.165, 1.54) is 6.20 Å². The molecule has 2 amide bonds. The highest BCUT2D eigenvalue weighted by Gasteiger charge is 2.15. The lowest BCUT2D eigenvalue weighted by atomic mass is 10.2. The fourth-order valence-corrected chi connectivity index (χ4v) is 2.26. The number of hydrogen-bond donors (Lipinski definition) is 5. The summed E-state index contributed by atoms with van der Waals surface area (Å²) in [5, 5.41) is 6.82. The Hall–Kier alpha value is -3.62. The molecule has 3 rings (SSSR count). The highest BCUT2D eigenvalue weighted by atomic mass is 16.1. The van der Waals surface area contributed by atoms with Gasteiger partial charge in [-0.1, -0.05) is 0 Å². The maximum atomic E-state index is 11.6. The molecule has 0 unspecified atom stereocenters. The number of nitrogens with zero attached hydrogens (tertiary/aromatic N) is 2. The smallest absolute Gasteiger partial charge is 0.254 e. The van der Waals surface area contributed by atoms with Crippen molar-refractivity contribution in [2.24, 2.45) is 11.5 Å². The molecule has 3 aromatic rings. The van der Waals surface area contributed by atoms with E-state index >= 15 is 0 Å². The Labute approximate surface area is 142 Å². The number of carbonyl (C=O) groups is 2. The number of primary amides is 2. The number of nitrogens with one attached hydrogen (secondary N) is 3. The van der Waals surface area contributed by atoms with E-state index in [9.17, 15) is 9.59 Å². The van der Waals surface area contributed by atoms with Gasteiger partial charge in [-0.05, 0) is 31.2 Å². The maximum absolute atomic E-state index is 11.6. The number of amides is 2. The summed E-state index contributed by atoms with van der Waals surface area (Å²) in [6.07, 6.45) is 3.13. The third-order valence-corrected chi connectivity index (χ3v) is 3.64. The highest BCUT2D eigenvalue weighted by molar-refractivity contribution is 5.98. The molecule has 0 aliphatic heterocycles. The molecule has 0 aliphatic rings. The summed E-state index contributed by atoms with van der Waals surface area (Å²) in [6.45, 7) is 1.58. The van der Waals surface area contributed by atoms with Crippen LogP contribution in [0.1, 0.15) is 17.3 Å². The van der Waals surface area contributed by atoms with Gasteiger partial charge in [0.05, 0.1) is 0 Å². The molecule has 2 heterocycles. The summed E-state index contributed by atoms with van der Waals surface area (Å²) < 4.78 is 0. The summed E-state index contributed by atoms with van der Waals surface area (Å²) in [5.74, 6) is -0.826. The van der Waals surface area contributed by atoms with Crippen molar-refractivity contribution in [1.29, 1.82) is 0 Å². The van der Waals surface area contributed by atoms with Crippen LogP contribution in [0.4, 0.5) is 17.5 Å². The Morgan fingerprint density at radius 3 is 2.76 bits per heavy atom. The Balaban J connectivity index is 1.93. The molecule has 128 valence electrons. The largest absolute Gasteiger partial charge is 0.368 e. The molecular formula is C16H17N7O2. The molecule has 0 spiro atoms. The molecule has 1 aromatic carbocycles. The summed E-state index contributed by atoms with van der Waals surface area (Å²) in [6, 6.07) is 6.90. The fourth-order valence-electron chi connectivity index (χ4n) is 2.26. The fraction of sp³-hybridized carbons (Fsp3) is 0.125. The first-order chi connectivity index (χ1) is 11.9. The van der Waals surface area contributed by atoms with E-state index in [-0.39, 0.29) is 17.3 Å². The number of benzene rings is 1. The van der Waals surface area contributed by atoms with Crippen LogP contribution in [0.15, 0.2) is 36.7 Å². The van der Waals surface area contributed by atoms with Gasteiger partial charge in [0, 0.05) is 29.0 Å². The quantitative estimate of drug-likeness (QED) is 0.453. The lowest BCUT2D eigenvalue weighted by Crippen LogP contribution is -2.33. The predicted octanol–water partition coefficient (Wildman–Crippen LogP) is 1.09. The predicted molar refractivity (Wildman–Crippen MR) is 94.4 cm³/mol. The summed E-state index contributed by atoms with van der Waals surface area (Å²) in [7, 11) is 0. The summed E-state index contributed by atoms with van der Waals surface area (Å²) in [4.78, 5) is 34.1. The summed E-state index contributed by atoms with van der Waals surface area (Å²) >= 11 is 0. The zero-order valence-corrected chi connectivity index (χ0v) is 13.4. The van der Waals surface area contributed by atoms with Crippen molar-refractivity contribution in [3.8, 4) is 0 Å². The van der Waals surface area contributed by atoms with Crippen LogP contribution in [0, 0.1) is 0 Å². The molecule has 1 atom stereocenters. The molecular weight excluding hydrogens is 322 g/mol. The van der Waals surface area contributed by atoms with Gasteiger partial charge in [0.2, 0.25) is 11.9 Å². The molecule has 0 radical (unpaired) electrons. The van der Waals surface area contributed by atoms with Crippen LogP contribution < -0.4 is 22.1 Å². The number of carbonyl (C=O) groups excluding carboxylic acids is 2. The Morgan fingerprint density at radius 2 is 2.04 bits per heavy atom. The van der Waals surface area contributed by atoms with Crippen molar-refractivity contribution < 1.29 is 9.59 Å². The monoisotopic (exact) mass is 339 g/mol. The number of rotatable bonds is 6. The van der Waals surface area contributed by atoms with Crippen LogP contribution in [0.2, 0.25) is 0 Å². The van der Waals surface area contributed by atoms with E-state index < -0.39 is 17.9 Å². The highest BCUT2D eigenvalue weighted by Crippen LogP contribution is 2.23. The van der Waals surface area contributed by atoms with Crippen LogP contribution in [0.25, 0.3) is 10.9 Å². The number of aromatic amines is 1. The van der Waals surface area contributed by atoms with Crippen LogP contribution >= 0.6 is 0 Å². The lowest BCUT2D eigenvalue weighted by molar-refractivity contribution is -0.118. The topological polar surface area (TPSA) is 152 Å². The molecule has 0 fully saturated rings. The molecule has 9 nitrogen and oxygen atoms in total. The standard InChI is InChI=1S/C16H17N7O2/c1-8(13(17)24)21-16-20-7-11(14(18)25)15(23-16)22-10-2-3-12-9(6-10)4-5-19-12/h2-8,19H,1H3,(H2,17,24)(H2,18,25)(H2,20,21,22,23)/t8-/m1/s1. The van der Waals surface area contributed by atoms with Gasteiger partial charge in [-0.2, -0.15) is 4.98 Å². The zero-order valence-electron chi connectivity index (χ0n) is 13.4. The third kappa shape index (κ3) is 3.50. The molecule has 0 aliphatic carbocycles. The van der Waals surface area contributed by atoms with Gasteiger partial charge < -0.3 is 27.1 Å². The molecule has 0 saturated carbocycles. The average molecular weight is 339 g/mol. The third-order valence-electron chi connectivity index (χ3n) is 3.64. The van der Waals surface area contributed by atoms with Crippen molar-refractivity contribution in [3.63, 3.8) is 0 Å². The normalized spacial score (nSPS) is 11.9. The van der Waals surface area contributed by atoms with Crippen molar-refractivity contribution >= 4 is 40.2 Å². The van der Waals surface area contributed by atoms with Crippen LogP contribution in [0.3, 0.4) is 0 Å². The second kappa shape index (κ2) is 6.48. The van der Waals surface area contributed by atoms with E-state index in [0.717, 1.165) is 16.6 Å². The lowest BCUT2D eigenvalue weighted by Gasteiger charge is -2.13. The summed E-state index contributed by atoms with van der Waals surface area (Å²) in [5.41, 5.74) is 12.4. The number of H-pyrrole nitrogens is 1. The van der Waals surface area contributed by atoms with E-state index in [0.29, 0.717) is 0 Å². The van der Waals surface area contributed by atoms with Gasteiger partial charge in [-0.15, -0.1) is 0 Å². The van der Waals surface area contributed by atoms with Crippen molar-refractivity contribution in [2.45, 2.75) is 13.0 Å². The van der Waals surface area contributed by atoms with E-state index in [1.807, 2.05) is 30.5 Å². The number of aromatic nitrogens is 3. The molecule has 9 heteroatoms. The molecule has 2 aromatic heterocycles. The van der Waals surface area contributed by atoms with Crippen LogP contribution in [-0.4, -0.2) is 32.8 Å². The number of anilines is 3. The van der Waals surface area contributed by atoms with Crippen LogP contribution in [0.5, 0.6) is 0 Å². The Morgan fingerprint density at radius 1 is 1.24 bits per heavy atom. The van der Waals surface area contributed by atoms with Gasteiger partial charge >= 0.3 is 0 Å². The molecule has 0 saturated heterocycles. The van der Waals surface area contributed by atoms with Gasteiger partial charge in [0.1, 0.15) is 17.4 Å². The minimum absolute atomic E-state index is 0.131. The SMILES string of the molecule is C[C@@H](Nc1ncc(C(N)=O)c(Nc2ccc3[nH]ccc3c2)n1)C(N)=O. The Bertz CT molecular complexity index is 951. The molecule has 7 N–H and O–H groups in total. The second-order valence-corrected chi connectivity index (χ2v) is 5.49. The Kier molecular flexibility index (Phi) is 4.21. The number of nitrogens with two attached hydrogens (primary N) is 2. The minimum Gasteiger partial charge on any atom is -0.368 e. The second-order valence-electron chi connectivity index (χ2n) is 5.49. The maximum Gasteiger partial charge on any atom is 0.254 e. The van der Waals surface area contributed by atoms with E-state index in [1.54, 1.807) is 6.92 Å². The minimum atomic E-state index is -0.667. The van der Waals surface area contributed by atoms with E-state index in [4.69, 9.17) is 11.5 Å². The van der Waals surface area contributed by atoms with Crippen LogP contribution in [-0.2, 0) is 4.79 Å². The van der Waals surface area contributed by atoms with Gasteiger partial charge in [-0.25, -0.2) is 4.98 Å². The van der Waals surface area contributed by atoms with Crippen molar-refractivity contribution in [1.82, 2.24) is 15.0 Å². The van der Waals surface area contributed by atoms with Gasteiger partial charge in [-0.3, -0.25) is 9.59 Å². The van der Waals surface area contributed by atoms with Gasteiger partial charge in [0.25, 0.3) is 5.91 Å². The first-order valence-corrected chi connectivity index (χ1v) is 7.51. The van der Waals surface area contributed by atoms with Gasteiger partial charge in [0.15, 0.2) is 0 Å². The first kappa shape index (κ1) is 16.2. The van der Waals surface area contributed by atoms with Crippen molar-refractivity contribution in [2.75, 3.05) is 10.6 Å². The first-order valence-electron chi connectivity index (χ1n) is 7.51. The number of hydrogen-bond acceptors (Lipinski definition) is 6. The van der Waals surface area contributed by atoms with E-state index in [2.05, 4.69) is 25.6 Å². The number of fused-ring (bicyclic) bond motifs is 1. The average Bonchev–Trinajstić information content (AvgIpc) is 3.02. The molecule has 25 heavy (non-hydrogen) atoms.